The molecule has 5 nitrogen and oxygen atoms in total. The molecule has 0 saturated heterocycles. The minimum Gasteiger partial charge on any atom is -0.462 e. The Morgan fingerprint density at radius 1 is 1.19 bits per heavy atom. The molecule has 0 N–H and O–H groups in total. The average Bonchev–Trinajstić information content (AvgIpc) is 2.62. The van der Waals surface area contributed by atoms with Crippen LogP contribution in [0.15, 0.2) is 52.4 Å². The quantitative estimate of drug-likeness (QED) is 0.378. The summed E-state index contributed by atoms with van der Waals surface area (Å²) in [7, 11) is 0. The fourth-order valence-corrected chi connectivity index (χ4v) is 3.59. The van der Waals surface area contributed by atoms with E-state index in [1.54, 1.807) is 16.7 Å². The highest BCUT2D eigenvalue weighted by atomic mass is 32.2. The Morgan fingerprint density at radius 3 is 2.67 bits per heavy atom. The number of rotatable bonds is 5. The van der Waals surface area contributed by atoms with E-state index in [1.807, 2.05) is 58.0 Å². The predicted molar refractivity (Wildman–Crippen MR) is 109 cm³/mol. The number of hydrogen-bond acceptors (Lipinski definition) is 5. The Morgan fingerprint density at radius 2 is 1.93 bits per heavy atom. The van der Waals surface area contributed by atoms with Gasteiger partial charge in [-0.25, -0.2) is 4.98 Å². The maximum atomic E-state index is 13.2. The maximum Gasteiger partial charge on any atom is 0.316 e. The highest BCUT2D eigenvalue weighted by molar-refractivity contribution is 7.99. The number of carbonyl (C=O) groups is 1. The summed E-state index contributed by atoms with van der Waals surface area (Å²) < 4.78 is 6.80. The fourth-order valence-electron chi connectivity index (χ4n) is 2.80. The van der Waals surface area contributed by atoms with Gasteiger partial charge in [0.1, 0.15) is 0 Å². The topological polar surface area (TPSA) is 61.2 Å². The van der Waals surface area contributed by atoms with Crippen molar-refractivity contribution in [1.29, 1.82) is 0 Å². The van der Waals surface area contributed by atoms with Crippen molar-refractivity contribution in [2.75, 3.05) is 5.75 Å². The van der Waals surface area contributed by atoms with Crippen LogP contribution >= 0.6 is 11.8 Å². The van der Waals surface area contributed by atoms with Crippen molar-refractivity contribution in [2.24, 2.45) is 0 Å². The molecular formula is C21H22N2O3S. The number of para-hydroxylation sites is 1. The number of benzene rings is 2. The van der Waals surface area contributed by atoms with Crippen LogP contribution in [-0.4, -0.2) is 27.4 Å². The summed E-state index contributed by atoms with van der Waals surface area (Å²) in [6.45, 7) is 7.55. The minimum atomic E-state index is -0.329. The van der Waals surface area contributed by atoms with Gasteiger partial charge in [-0.2, -0.15) is 0 Å². The van der Waals surface area contributed by atoms with Crippen molar-refractivity contribution in [1.82, 2.24) is 9.55 Å². The normalized spacial score (nSPS) is 11.1. The summed E-state index contributed by atoms with van der Waals surface area (Å²) in [6, 6.07) is 13.2. The first-order valence-corrected chi connectivity index (χ1v) is 9.77. The lowest BCUT2D eigenvalue weighted by molar-refractivity contribution is -0.144. The summed E-state index contributed by atoms with van der Waals surface area (Å²) in [5.74, 6) is -0.238. The molecule has 140 valence electrons. The van der Waals surface area contributed by atoms with E-state index in [0.29, 0.717) is 16.1 Å². The summed E-state index contributed by atoms with van der Waals surface area (Å²) in [4.78, 5) is 29.9. The summed E-state index contributed by atoms with van der Waals surface area (Å²) in [5.41, 5.74) is 3.26. The number of fused-ring (bicyclic) bond motifs is 1. The molecule has 1 aromatic heterocycles. The SMILES string of the molecule is Cc1ccc(C)c(-n2c(SCC(=O)OC(C)C)nc3ccccc3c2=O)c1. The summed E-state index contributed by atoms with van der Waals surface area (Å²) in [5, 5.41) is 1.03. The van der Waals surface area contributed by atoms with E-state index in [-0.39, 0.29) is 23.4 Å². The fraction of sp³-hybridized carbons (Fsp3) is 0.286. The molecule has 3 aromatic rings. The first-order valence-electron chi connectivity index (χ1n) is 8.78. The molecule has 3 rings (SSSR count). The van der Waals surface area contributed by atoms with Crippen LogP contribution in [0.1, 0.15) is 25.0 Å². The van der Waals surface area contributed by atoms with Crippen LogP contribution < -0.4 is 5.56 Å². The van der Waals surface area contributed by atoms with Crippen LogP contribution in [0.2, 0.25) is 0 Å². The Balaban J connectivity index is 2.14. The van der Waals surface area contributed by atoms with Gasteiger partial charge in [-0.15, -0.1) is 0 Å². The molecule has 0 aliphatic rings. The zero-order valence-electron chi connectivity index (χ0n) is 15.9. The number of aromatic nitrogens is 2. The minimum absolute atomic E-state index is 0.0911. The van der Waals surface area contributed by atoms with E-state index in [2.05, 4.69) is 4.98 Å². The van der Waals surface area contributed by atoms with Crippen LogP contribution in [0.5, 0.6) is 0 Å². The molecule has 0 atom stereocenters. The van der Waals surface area contributed by atoms with Gasteiger partial charge in [0.2, 0.25) is 0 Å². The Kier molecular flexibility index (Phi) is 5.65. The van der Waals surface area contributed by atoms with E-state index in [0.717, 1.165) is 16.8 Å². The van der Waals surface area contributed by atoms with Crippen LogP contribution in [0, 0.1) is 13.8 Å². The Hall–Kier alpha value is -2.60. The van der Waals surface area contributed by atoms with E-state index < -0.39 is 0 Å². The molecular weight excluding hydrogens is 360 g/mol. The maximum absolute atomic E-state index is 13.2. The second-order valence-corrected chi connectivity index (χ2v) is 7.61. The lowest BCUT2D eigenvalue weighted by atomic mass is 10.1. The van der Waals surface area contributed by atoms with Crippen molar-refractivity contribution >= 4 is 28.6 Å². The molecule has 0 aliphatic carbocycles. The largest absolute Gasteiger partial charge is 0.462 e. The first-order chi connectivity index (χ1) is 12.9. The van der Waals surface area contributed by atoms with Gasteiger partial charge in [-0.05, 0) is 57.0 Å². The van der Waals surface area contributed by atoms with Crippen molar-refractivity contribution in [3.8, 4) is 5.69 Å². The molecule has 0 fully saturated rings. The van der Waals surface area contributed by atoms with Crippen molar-refractivity contribution in [3.05, 3.63) is 63.9 Å². The van der Waals surface area contributed by atoms with Gasteiger partial charge in [0.05, 0.1) is 28.4 Å². The molecule has 27 heavy (non-hydrogen) atoms. The number of ether oxygens (including phenoxy) is 1. The van der Waals surface area contributed by atoms with E-state index in [4.69, 9.17) is 4.74 Å². The molecule has 1 heterocycles. The third-order valence-corrected chi connectivity index (χ3v) is 4.95. The third kappa shape index (κ3) is 4.22. The monoisotopic (exact) mass is 382 g/mol. The molecule has 0 saturated carbocycles. The van der Waals surface area contributed by atoms with Gasteiger partial charge >= 0.3 is 5.97 Å². The lowest BCUT2D eigenvalue weighted by Gasteiger charge is -2.16. The molecule has 0 aliphatic heterocycles. The van der Waals surface area contributed by atoms with Crippen molar-refractivity contribution in [3.63, 3.8) is 0 Å². The molecule has 2 aromatic carbocycles. The lowest BCUT2D eigenvalue weighted by Crippen LogP contribution is -2.23. The summed E-state index contributed by atoms with van der Waals surface area (Å²) in [6.07, 6.45) is -0.177. The van der Waals surface area contributed by atoms with Gasteiger partial charge in [0, 0.05) is 0 Å². The van der Waals surface area contributed by atoms with Gasteiger partial charge in [0.15, 0.2) is 5.16 Å². The van der Waals surface area contributed by atoms with Crippen molar-refractivity contribution < 1.29 is 9.53 Å². The van der Waals surface area contributed by atoms with Crippen LogP contribution in [0.3, 0.4) is 0 Å². The van der Waals surface area contributed by atoms with E-state index >= 15 is 0 Å². The zero-order chi connectivity index (χ0) is 19.6. The Labute approximate surface area is 162 Å². The number of carbonyl (C=O) groups excluding carboxylic acids is 1. The number of hydrogen-bond donors (Lipinski definition) is 0. The van der Waals surface area contributed by atoms with Crippen molar-refractivity contribution in [2.45, 2.75) is 39.0 Å². The van der Waals surface area contributed by atoms with Gasteiger partial charge < -0.3 is 4.74 Å². The number of aryl methyl sites for hydroxylation is 2. The molecule has 6 heteroatoms. The Bertz CT molecular complexity index is 1060. The first kappa shape index (κ1) is 19.2. The standard InChI is InChI=1S/C21H22N2O3S/c1-13(2)26-19(24)12-27-21-22-17-8-6-5-7-16(17)20(25)23(21)18-11-14(3)9-10-15(18)4/h5-11,13H,12H2,1-4H3. The van der Waals surface area contributed by atoms with E-state index in [9.17, 15) is 9.59 Å². The van der Waals surface area contributed by atoms with Gasteiger partial charge in [0.25, 0.3) is 5.56 Å². The molecule has 0 unspecified atom stereocenters. The molecule has 0 spiro atoms. The molecule has 0 radical (unpaired) electrons. The summed E-state index contributed by atoms with van der Waals surface area (Å²) >= 11 is 1.21. The van der Waals surface area contributed by atoms with Crippen LogP contribution in [0.25, 0.3) is 16.6 Å². The third-order valence-electron chi connectivity index (χ3n) is 4.04. The molecule has 0 amide bonds. The van der Waals surface area contributed by atoms with E-state index in [1.165, 1.54) is 11.8 Å². The van der Waals surface area contributed by atoms with Crippen LogP contribution in [0.4, 0.5) is 0 Å². The van der Waals surface area contributed by atoms with Gasteiger partial charge in [-0.3, -0.25) is 14.2 Å². The predicted octanol–water partition coefficient (Wildman–Crippen LogP) is 4.05. The number of nitrogens with zero attached hydrogens (tertiary/aromatic N) is 2. The number of thioether (sulfide) groups is 1. The van der Waals surface area contributed by atoms with Gasteiger partial charge in [-0.1, -0.05) is 36.0 Å². The smallest absolute Gasteiger partial charge is 0.316 e. The highest BCUT2D eigenvalue weighted by Crippen LogP contribution is 2.24. The average molecular weight is 382 g/mol. The second-order valence-electron chi connectivity index (χ2n) is 6.67. The molecule has 0 bridgehead atoms. The van der Waals surface area contributed by atoms with Crippen LogP contribution in [-0.2, 0) is 9.53 Å². The second kappa shape index (κ2) is 7.96. The zero-order valence-corrected chi connectivity index (χ0v) is 16.7. The highest BCUT2D eigenvalue weighted by Gasteiger charge is 2.17. The number of esters is 1.